The molecular formula is C17H20N2O4S. The van der Waals surface area contributed by atoms with E-state index in [0.29, 0.717) is 18.0 Å². The minimum Gasteiger partial charge on any atom is -0.497 e. The fourth-order valence-corrected chi connectivity index (χ4v) is 4.91. The third-order valence-electron chi connectivity index (χ3n) is 4.25. The lowest BCUT2D eigenvalue weighted by Gasteiger charge is -2.25. The van der Waals surface area contributed by atoms with E-state index in [1.54, 1.807) is 28.8 Å². The number of nitrogens with zero attached hydrogens (tertiary/aromatic N) is 2. The number of sulfonamides is 1. The van der Waals surface area contributed by atoms with Crippen LogP contribution in [0.5, 0.6) is 11.5 Å². The molecule has 1 aliphatic heterocycles. The zero-order valence-corrected chi connectivity index (χ0v) is 14.5. The minimum absolute atomic E-state index is 0.130. The molecule has 1 fully saturated rings. The Balaban J connectivity index is 2.04. The molecule has 0 aliphatic carbocycles. The maximum absolute atomic E-state index is 13.2. The van der Waals surface area contributed by atoms with Crippen molar-refractivity contribution in [1.82, 2.24) is 9.29 Å². The van der Waals surface area contributed by atoms with E-state index in [1.165, 1.54) is 20.3 Å². The van der Waals surface area contributed by atoms with Gasteiger partial charge in [0.15, 0.2) is 0 Å². The van der Waals surface area contributed by atoms with Crippen molar-refractivity contribution < 1.29 is 17.9 Å². The number of hydrogen-bond donors (Lipinski definition) is 0. The lowest BCUT2D eigenvalue weighted by atomic mass is 10.1. The molecule has 1 atom stereocenters. The van der Waals surface area contributed by atoms with Gasteiger partial charge in [0.05, 0.1) is 20.3 Å². The average molecular weight is 348 g/mol. The van der Waals surface area contributed by atoms with Gasteiger partial charge in [0, 0.05) is 25.0 Å². The molecule has 0 amide bonds. The number of pyridine rings is 1. The zero-order valence-electron chi connectivity index (χ0n) is 13.7. The molecule has 1 aromatic heterocycles. The van der Waals surface area contributed by atoms with Gasteiger partial charge in [0.25, 0.3) is 0 Å². The highest BCUT2D eigenvalue weighted by molar-refractivity contribution is 7.89. The van der Waals surface area contributed by atoms with Crippen LogP contribution in [0.1, 0.15) is 24.4 Å². The summed E-state index contributed by atoms with van der Waals surface area (Å²) < 4.78 is 38.5. The molecule has 1 aromatic carbocycles. The molecule has 3 rings (SSSR count). The summed E-state index contributed by atoms with van der Waals surface area (Å²) in [4.78, 5) is 4.14. The van der Waals surface area contributed by atoms with Crippen LogP contribution in [0.15, 0.2) is 47.6 Å². The summed E-state index contributed by atoms with van der Waals surface area (Å²) in [5.74, 6) is 0.796. The highest BCUT2D eigenvalue weighted by atomic mass is 32.2. The van der Waals surface area contributed by atoms with Gasteiger partial charge in [-0.25, -0.2) is 8.42 Å². The van der Waals surface area contributed by atoms with Gasteiger partial charge in [-0.1, -0.05) is 0 Å². The van der Waals surface area contributed by atoms with Crippen LogP contribution in [0, 0.1) is 0 Å². The van der Waals surface area contributed by atoms with Crippen LogP contribution in [0.4, 0.5) is 0 Å². The highest BCUT2D eigenvalue weighted by Crippen LogP contribution is 2.39. The van der Waals surface area contributed by atoms with E-state index < -0.39 is 10.0 Å². The maximum atomic E-state index is 13.2. The molecule has 6 nitrogen and oxygen atoms in total. The van der Waals surface area contributed by atoms with Gasteiger partial charge >= 0.3 is 0 Å². The Morgan fingerprint density at radius 2 is 1.88 bits per heavy atom. The van der Waals surface area contributed by atoms with Crippen molar-refractivity contribution in [1.29, 1.82) is 0 Å². The van der Waals surface area contributed by atoms with Crippen LogP contribution >= 0.6 is 0 Å². The highest BCUT2D eigenvalue weighted by Gasteiger charge is 2.37. The van der Waals surface area contributed by atoms with Gasteiger partial charge in [-0.2, -0.15) is 4.31 Å². The summed E-state index contributed by atoms with van der Waals surface area (Å²) in [5.41, 5.74) is 0.952. The van der Waals surface area contributed by atoms with Gasteiger partial charge in [-0.05, 0) is 42.7 Å². The Morgan fingerprint density at radius 3 is 2.54 bits per heavy atom. The molecule has 0 N–H and O–H groups in total. The lowest BCUT2D eigenvalue weighted by molar-refractivity contribution is 0.375. The largest absolute Gasteiger partial charge is 0.497 e. The molecule has 24 heavy (non-hydrogen) atoms. The first kappa shape index (κ1) is 16.7. The van der Waals surface area contributed by atoms with Crippen molar-refractivity contribution in [2.45, 2.75) is 23.8 Å². The van der Waals surface area contributed by atoms with Crippen molar-refractivity contribution in [3.05, 3.63) is 48.3 Å². The van der Waals surface area contributed by atoms with Crippen LogP contribution in [0.3, 0.4) is 0 Å². The SMILES string of the molecule is COc1ccc(OC)c(S(=O)(=O)N2CCC[C@@H]2c2ccncc2)c1. The van der Waals surface area contributed by atoms with E-state index in [2.05, 4.69) is 4.98 Å². The summed E-state index contributed by atoms with van der Waals surface area (Å²) in [6, 6.07) is 8.35. The van der Waals surface area contributed by atoms with Crippen LogP contribution in [0.25, 0.3) is 0 Å². The first-order valence-corrected chi connectivity index (χ1v) is 9.15. The topological polar surface area (TPSA) is 68.7 Å². The van der Waals surface area contributed by atoms with Gasteiger partial charge in [-0.15, -0.1) is 0 Å². The summed E-state index contributed by atoms with van der Waals surface area (Å²) in [6.45, 7) is 0.482. The molecule has 0 unspecified atom stereocenters. The fraction of sp³-hybridized carbons (Fsp3) is 0.353. The quantitative estimate of drug-likeness (QED) is 0.831. The monoisotopic (exact) mass is 348 g/mol. The third-order valence-corrected chi connectivity index (χ3v) is 6.18. The number of aromatic nitrogens is 1. The molecule has 0 spiro atoms. The molecule has 0 radical (unpaired) electrons. The average Bonchev–Trinajstić information content (AvgIpc) is 3.12. The van der Waals surface area contributed by atoms with E-state index in [1.807, 2.05) is 12.1 Å². The molecule has 1 aliphatic rings. The molecule has 0 saturated carbocycles. The second-order valence-corrected chi connectivity index (χ2v) is 7.43. The molecule has 128 valence electrons. The van der Waals surface area contributed by atoms with Crippen molar-refractivity contribution in [2.24, 2.45) is 0 Å². The normalized spacial score (nSPS) is 18.5. The Bertz CT molecular complexity index is 809. The Kier molecular flexibility index (Phi) is 4.73. The lowest BCUT2D eigenvalue weighted by Crippen LogP contribution is -2.31. The molecular weight excluding hydrogens is 328 g/mol. The summed E-state index contributed by atoms with van der Waals surface area (Å²) in [7, 11) is -0.732. The van der Waals surface area contributed by atoms with Gasteiger partial charge in [0.2, 0.25) is 10.0 Å². The second-order valence-electron chi connectivity index (χ2n) is 5.57. The van der Waals surface area contributed by atoms with Crippen molar-refractivity contribution in [2.75, 3.05) is 20.8 Å². The van der Waals surface area contributed by atoms with Crippen molar-refractivity contribution >= 4 is 10.0 Å². The van der Waals surface area contributed by atoms with E-state index in [4.69, 9.17) is 9.47 Å². The van der Waals surface area contributed by atoms with Gasteiger partial charge in [-0.3, -0.25) is 4.98 Å². The first-order chi connectivity index (χ1) is 11.6. The minimum atomic E-state index is -3.70. The number of methoxy groups -OCH3 is 2. The Morgan fingerprint density at radius 1 is 1.12 bits per heavy atom. The van der Waals surface area contributed by atoms with Crippen LogP contribution in [0.2, 0.25) is 0 Å². The Labute approximate surface area is 142 Å². The number of hydrogen-bond acceptors (Lipinski definition) is 5. The van der Waals surface area contributed by atoms with Crippen molar-refractivity contribution in [3.63, 3.8) is 0 Å². The molecule has 1 saturated heterocycles. The van der Waals surface area contributed by atoms with E-state index >= 15 is 0 Å². The van der Waals surface area contributed by atoms with E-state index in [0.717, 1.165) is 18.4 Å². The predicted octanol–water partition coefficient (Wildman–Crippen LogP) is 2.62. The second kappa shape index (κ2) is 6.78. The van der Waals surface area contributed by atoms with Crippen LogP contribution in [-0.4, -0.2) is 38.5 Å². The number of benzene rings is 1. The summed E-state index contributed by atoms with van der Waals surface area (Å²) in [6.07, 6.45) is 4.98. The molecule has 2 heterocycles. The number of ether oxygens (including phenoxy) is 2. The van der Waals surface area contributed by atoms with Crippen LogP contribution < -0.4 is 9.47 Å². The predicted molar refractivity (Wildman–Crippen MR) is 89.6 cm³/mol. The number of rotatable bonds is 5. The van der Waals surface area contributed by atoms with Crippen LogP contribution in [-0.2, 0) is 10.0 Å². The summed E-state index contributed by atoms with van der Waals surface area (Å²) >= 11 is 0. The standard InChI is InChI=1S/C17H20N2O4S/c1-22-14-5-6-16(23-2)17(12-14)24(20,21)19-11-3-4-15(19)13-7-9-18-10-8-13/h5-10,12,15H,3-4,11H2,1-2H3/t15-/m1/s1. The van der Waals surface area contributed by atoms with Gasteiger partial charge in [0.1, 0.15) is 16.4 Å². The smallest absolute Gasteiger partial charge is 0.247 e. The Hall–Kier alpha value is -2.12. The fourth-order valence-electron chi connectivity index (χ4n) is 3.06. The van der Waals surface area contributed by atoms with Crippen molar-refractivity contribution in [3.8, 4) is 11.5 Å². The molecule has 2 aromatic rings. The first-order valence-electron chi connectivity index (χ1n) is 7.71. The maximum Gasteiger partial charge on any atom is 0.247 e. The zero-order chi connectivity index (χ0) is 17.2. The molecule has 0 bridgehead atoms. The van der Waals surface area contributed by atoms with E-state index in [-0.39, 0.29) is 10.9 Å². The third kappa shape index (κ3) is 2.97. The van der Waals surface area contributed by atoms with Gasteiger partial charge < -0.3 is 9.47 Å². The summed E-state index contributed by atoms with van der Waals surface area (Å²) in [5, 5.41) is 0. The van der Waals surface area contributed by atoms with E-state index in [9.17, 15) is 8.42 Å². The molecule has 7 heteroatoms.